The van der Waals surface area contributed by atoms with Gasteiger partial charge in [0.2, 0.25) is 0 Å². The van der Waals surface area contributed by atoms with Gasteiger partial charge in [-0.05, 0) is 47.9 Å². The second kappa shape index (κ2) is 9.59. The molecule has 1 aliphatic heterocycles. The lowest BCUT2D eigenvalue weighted by atomic mass is 10.1. The summed E-state index contributed by atoms with van der Waals surface area (Å²) in [7, 11) is -2.90. The Balaban J connectivity index is 1.98. The number of benzene rings is 2. The molecule has 0 atom stereocenters. The molecule has 0 fully saturated rings. The van der Waals surface area contributed by atoms with Crippen LogP contribution in [0.25, 0.3) is 0 Å². The smallest absolute Gasteiger partial charge is 0.509 e. The van der Waals surface area contributed by atoms with Crippen molar-refractivity contribution in [3.8, 4) is 17.2 Å². The Bertz CT molecular complexity index is 1150. The molecule has 0 radical (unpaired) electrons. The Morgan fingerprint density at radius 1 is 1.12 bits per heavy atom. The maximum Gasteiger partial charge on any atom is 0.707 e. The number of amidine groups is 1. The minimum Gasteiger partial charge on any atom is -0.509 e. The number of hydrazone groups is 1. The molecule has 0 aliphatic carbocycles. The first-order chi connectivity index (χ1) is 15.1. The normalized spacial score (nSPS) is 14.3. The summed E-state index contributed by atoms with van der Waals surface area (Å²) in [5, 5.41) is 24.0. The Hall–Kier alpha value is -3.09. The molecule has 170 valence electrons. The van der Waals surface area contributed by atoms with E-state index < -0.39 is 17.3 Å². The van der Waals surface area contributed by atoms with Gasteiger partial charge >= 0.3 is 7.32 Å². The lowest BCUT2D eigenvalue weighted by Gasteiger charge is -2.21. The largest absolute Gasteiger partial charge is 0.707 e. The minimum absolute atomic E-state index is 0.1000. The molecule has 1 aliphatic rings. The van der Waals surface area contributed by atoms with Crippen LogP contribution in [0.1, 0.15) is 25.0 Å². The van der Waals surface area contributed by atoms with Crippen LogP contribution in [-0.4, -0.2) is 63.6 Å². The fourth-order valence-corrected chi connectivity index (χ4v) is 4.27. The van der Waals surface area contributed by atoms with Gasteiger partial charge in [-0.2, -0.15) is 13.5 Å². The zero-order chi connectivity index (χ0) is 23.5. The van der Waals surface area contributed by atoms with E-state index in [4.69, 9.17) is 24.2 Å². The van der Waals surface area contributed by atoms with Crippen LogP contribution >= 0.6 is 0 Å². The number of hydrogen-bond acceptors (Lipinski definition) is 9. The number of rotatable bonds is 8. The lowest BCUT2D eigenvalue weighted by molar-refractivity contribution is 0.279. The van der Waals surface area contributed by atoms with E-state index >= 15 is 0 Å². The van der Waals surface area contributed by atoms with Gasteiger partial charge in [-0.15, -0.1) is 4.40 Å². The van der Waals surface area contributed by atoms with Crippen LogP contribution in [-0.2, 0) is 10.0 Å². The summed E-state index contributed by atoms with van der Waals surface area (Å²) < 4.78 is 44.4. The van der Waals surface area contributed by atoms with Gasteiger partial charge in [-0.3, -0.25) is 0 Å². The highest BCUT2D eigenvalue weighted by Gasteiger charge is 2.32. The SMILES string of the molecule is COc1ccc2c(c1)C(N(CC(C)C)/N=C/c1ccc(OB(O)O)c(OC)c1)=NS2(=O)=O. The molecule has 12 heteroatoms. The van der Waals surface area contributed by atoms with Gasteiger partial charge in [-0.25, -0.2) is 5.01 Å². The van der Waals surface area contributed by atoms with E-state index in [1.165, 1.54) is 37.6 Å². The van der Waals surface area contributed by atoms with Gasteiger partial charge in [0.15, 0.2) is 11.6 Å². The van der Waals surface area contributed by atoms with E-state index in [0.29, 0.717) is 23.4 Å². The number of sulfonamides is 1. The first-order valence-electron chi connectivity index (χ1n) is 9.70. The molecule has 3 rings (SSSR count). The fourth-order valence-electron chi connectivity index (χ4n) is 3.08. The predicted molar refractivity (Wildman–Crippen MR) is 120 cm³/mol. The number of hydrogen-bond donors (Lipinski definition) is 2. The van der Waals surface area contributed by atoms with Crippen LogP contribution < -0.4 is 14.1 Å². The topological polar surface area (TPSA) is 130 Å². The molecule has 2 N–H and O–H groups in total. The number of fused-ring (bicyclic) bond motifs is 1. The molecular weight excluding hydrogens is 437 g/mol. The molecule has 0 saturated carbocycles. The molecule has 0 spiro atoms. The fraction of sp³-hybridized carbons (Fsp3) is 0.300. The third-order valence-electron chi connectivity index (χ3n) is 4.46. The van der Waals surface area contributed by atoms with Crippen molar-refractivity contribution in [2.75, 3.05) is 20.8 Å². The summed E-state index contributed by atoms with van der Waals surface area (Å²) in [5.41, 5.74) is 1.03. The molecule has 0 saturated heterocycles. The molecule has 2 aromatic rings. The van der Waals surface area contributed by atoms with Crippen molar-refractivity contribution in [3.63, 3.8) is 0 Å². The van der Waals surface area contributed by atoms with Crippen LogP contribution in [0.4, 0.5) is 0 Å². The predicted octanol–water partition coefficient (Wildman–Crippen LogP) is 1.49. The second-order valence-electron chi connectivity index (χ2n) is 7.33. The van der Waals surface area contributed by atoms with E-state index in [2.05, 4.69) is 9.50 Å². The summed E-state index contributed by atoms with van der Waals surface area (Å²) in [4.78, 5) is 0.1000. The van der Waals surface area contributed by atoms with Crippen molar-refractivity contribution >= 4 is 29.4 Å². The Labute approximate surface area is 187 Å². The standard InChI is InChI=1S/C20H24BN3O7S/c1-13(2)12-24(20-16-10-15(29-3)6-8-19(16)32(27,28)23-20)22-11-14-5-7-17(31-21(25)26)18(9-14)30-4/h5-11,13,25-26H,12H2,1-4H3/b22-11+. The van der Waals surface area contributed by atoms with Gasteiger partial charge < -0.3 is 24.2 Å². The highest BCUT2D eigenvalue weighted by atomic mass is 32.2. The summed E-state index contributed by atoms with van der Waals surface area (Å²) in [5.74, 6) is 1.29. The van der Waals surface area contributed by atoms with Crippen molar-refractivity contribution in [1.29, 1.82) is 0 Å². The van der Waals surface area contributed by atoms with Crippen molar-refractivity contribution in [2.24, 2.45) is 15.4 Å². The molecule has 0 aromatic heterocycles. The maximum atomic E-state index is 12.6. The Morgan fingerprint density at radius 2 is 1.88 bits per heavy atom. The highest BCUT2D eigenvalue weighted by Crippen LogP contribution is 2.32. The van der Waals surface area contributed by atoms with Crippen LogP contribution in [0.2, 0.25) is 0 Å². The van der Waals surface area contributed by atoms with Crippen molar-refractivity contribution in [2.45, 2.75) is 18.7 Å². The average Bonchev–Trinajstić information content (AvgIpc) is 3.01. The third-order valence-corrected chi connectivity index (χ3v) is 5.79. The highest BCUT2D eigenvalue weighted by molar-refractivity contribution is 7.90. The number of nitrogens with zero attached hydrogens (tertiary/aromatic N) is 3. The monoisotopic (exact) mass is 461 g/mol. The number of ether oxygens (including phenoxy) is 2. The lowest BCUT2D eigenvalue weighted by Crippen LogP contribution is -2.29. The van der Waals surface area contributed by atoms with E-state index in [9.17, 15) is 8.42 Å². The average molecular weight is 461 g/mol. The van der Waals surface area contributed by atoms with Crippen LogP contribution in [0.5, 0.6) is 17.2 Å². The summed E-state index contributed by atoms with van der Waals surface area (Å²) >= 11 is 0. The maximum absolute atomic E-state index is 12.6. The molecule has 0 bridgehead atoms. The molecular formula is C20H24BN3O7S. The van der Waals surface area contributed by atoms with E-state index in [1.807, 2.05) is 13.8 Å². The molecule has 32 heavy (non-hydrogen) atoms. The van der Waals surface area contributed by atoms with Crippen molar-refractivity contribution in [3.05, 3.63) is 47.5 Å². The molecule has 2 aromatic carbocycles. The Morgan fingerprint density at radius 3 is 2.50 bits per heavy atom. The van der Waals surface area contributed by atoms with Crippen LogP contribution in [0.3, 0.4) is 0 Å². The van der Waals surface area contributed by atoms with Gasteiger partial charge in [-0.1, -0.05) is 13.8 Å². The minimum atomic E-state index is -3.84. The second-order valence-corrected chi connectivity index (χ2v) is 8.90. The molecule has 0 amide bonds. The zero-order valence-corrected chi connectivity index (χ0v) is 18.9. The Kier molecular flexibility index (Phi) is 7.07. The molecule has 1 heterocycles. The van der Waals surface area contributed by atoms with E-state index in [1.54, 1.807) is 24.3 Å². The summed E-state index contributed by atoms with van der Waals surface area (Å²) in [6.07, 6.45) is 1.53. The van der Waals surface area contributed by atoms with Gasteiger partial charge in [0.05, 0.1) is 20.4 Å². The molecule has 0 unspecified atom stereocenters. The number of methoxy groups -OCH3 is 2. The van der Waals surface area contributed by atoms with Crippen molar-refractivity contribution in [1.82, 2.24) is 5.01 Å². The quantitative estimate of drug-likeness (QED) is 0.344. The third kappa shape index (κ3) is 5.21. The first-order valence-corrected chi connectivity index (χ1v) is 11.1. The van der Waals surface area contributed by atoms with Gasteiger partial charge in [0.1, 0.15) is 16.4 Å². The summed E-state index contributed by atoms with van der Waals surface area (Å²) in [6, 6.07) is 9.40. The molecule has 10 nitrogen and oxygen atoms in total. The van der Waals surface area contributed by atoms with Gasteiger partial charge in [0.25, 0.3) is 10.0 Å². The zero-order valence-electron chi connectivity index (χ0n) is 18.1. The van der Waals surface area contributed by atoms with Crippen LogP contribution in [0.15, 0.2) is 50.8 Å². The van der Waals surface area contributed by atoms with Crippen LogP contribution in [0, 0.1) is 5.92 Å². The first kappa shape index (κ1) is 23.6. The van der Waals surface area contributed by atoms with Crippen molar-refractivity contribution < 1.29 is 32.6 Å². The van der Waals surface area contributed by atoms with E-state index in [0.717, 1.165) is 0 Å². The summed E-state index contributed by atoms with van der Waals surface area (Å²) in [6.45, 7) is 4.37. The van der Waals surface area contributed by atoms with Gasteiger partial charge in [0, 0.05) is 12.1 Å². The van der Waals surface area contributed by atoms with E-state index in [-0.39, 0.29) is 28.1 Å².